The van der Waals surface area contributed by atoms with Crippen LogP contribution in [0.25, 0.3) is 10.7 Å². The second kappa shape index (κ2) is 8.68. The predicted molar refractivity (Wildman–Crippen MR) is 100 cm³/mol. The molecule has 130 valence electrons. The number of H-pyrrole nitrogens is 1. The molecule has 2 aromatic heterocycles. The van der Waals surface area contributed by atoms with Gasteiger partial charge in [0.25, 0.3) is 0 Å². The van der Waals surface area contributed by atoms with E-state index in [0.29, 0.717) is 18.3 Å². The molecule has 0 spiro atoms. The molecule has 25 heavy (non-hydrogen) atoms. The van der Waals surface area contributed by atoms with Crippen LogP contribution in [-0.4, -0.2) is 40.0 Å². The van der Waals surface area contributed by atoms with Crippen LogP contribution in [0.5, 0.6) is 5.75 Å². The highest BCUT2D eigenvalue weighted by molar-refractivity contribution is 7.99. The molecule has 1 aromatic carbocycles. The molecule has 1 amide bonds. The minimum atomic E-state index is -0.0692. The summed E-state index contributed by atoms with van der Waals surface area (Å²) in [7, 11) is 0. The van der Waals surface area contributed by atoms with Crippen molar-refractivity contribution in [2.24, 2.45) is 0 Å². The highest BCUT2D eigenvalue weighted by atomic mass is 32.2. The lowest BCUT2D eigenvalue weighted by molar-refractivity contribution is -0.118. The van der Waals surface area contributed by atoms with Gasteiger partial charge >= 0.3 is 0 Å². The largest absolute Gasteiger partial charge is 0.492 e. The molecule has 0 aliphatic heterocycles. The van der Waals surface area contributed by atoms with Crippen LogP contribution in [0.1, 0.15) is 5.56 Å². The van der Waals surface area contributed by atoms with E-state index in [2.05, 4.69) is 20.5 Å². The van der Waals surface area contributed by atoms with Gasteiger partial charge in [-0.1, -0.05) is 30.0 Å². The number of thioether (sulfide) groups is 1. The normalized spacial score (nSPS) is 10.6. The third-order valence-corrected chi connectivity index (χ3v) is 4.96. The second-order valence-electron chi connectivity index (χ2n) is 5.25. The first-order valence-corrected chi connectivity index (χ1v) is 9.62. The number of hydrogen-bond acceptors (Lipinski definition) is 6. The summed E-state index contributed by atoms with van der Waals surface area (Å²) in [5.41, 5.74) is 1.14. The van der Waals surface area contributed by atoms with Crippen LogP contribution in [0.2, 0.25) is 0 Å². The molecular formula is C17H18N4O2S2. The highest BCUT2D eigenvalue weighted by Crippen LogP contribution is 2.22. The first kappa shape index (κ1) is 17.5. The van der Waals surface area contributed by atoms with Crippen LogP contribution >= 0.6 is 23.1 Å². The van der Waals surface area contributed by atoms with Crippen molar-refractivity contribution in [2.45, 2.75) is 12.1 Å². The number of rotatable bonds is 8. The summed E-state index contributed by atoms with van der Waals surface area (Å²) in [6.07, 6.45) is 0. The van der Waals surface area contributed by atoms with Crippen LogP contribution in [0.4, 0.5) is 0 Å². The van der Waals surface area contributed by atoms with E-state index >= 15 is 0 Å². The number of aryl methyl sites for hydroxylation is 1. The third kappa shape index (κ3) is 5.33. The van der Waals surface area contributed by atoms with Crippen molar-refractivity contribution in [3.8, 4) is 16.5 Å². The summed E-state index contributed by atoms with van der Waals surface area (Å²) in [5, 5.41) is 12.4. The van der Waals surface area contributed by atoms with Crippen molar-refractivity contribution in [1.82, 2.24) is 20.5 Å². The third-order valence-electron chi connectivity index (χ3n) is 3.23. The van der Waals surface area contributed by atoms with E-state index in [1.807, 2.05) is 48.7 Å². The fourth-order valence-electron chi connectivity index (χ4n) is 2.08. The lowest BCUT2D eigenvalue weighted by atomic mass is 10.2. The van der Waals surface area contributed by atoms with Crippen LogP contribution in [-0.2, 0) is 4.79 Å². The van der Waals surface area contributed by atoms with E-state index in [-0.39, 0.29) is 11.7 Å². The fourth-order valence-corrected chi connectivity index (χ4v) is 3.37. The Labute approximate surface area is 154 Å². The average Bonchev–Trinajstić information content (AvgIpc) is 3.28. The maximum Gasteiger partial charge on any atom is 0.230 e. The SMILES string of the molecule is Cc1cccc(OCCNC(=O)CSc2n[nH]c(-c3cccs3)n2)c1. The summed E-state index contributed by atoms with van der Waals surface area (Å²) in [4.78, 5) is 17.3. The zero-order valence-electron chi connectivity index (χ0n) is 13.7. The Morgan fingerprint density at radius 1 is 1.36 bits per heavy atom. The molecule has 6 nitrogen and oxygen atoms in total. The number of ether oxygens (including phenoxy) is 1. The smallest absolute Gasteiger partial charge is 0.230 e. The van der Waals surface area contributed by atoms with Crippen LogP contribution in [0, 0.1) is 6.92 Å². The molecular weight excluding hydrogens is 356 g/mol. The second-order valence-corrected chi connectivity index (χ2v) is 7.14. The molecule has 0 saturated carbocycles. The minimum Gasteiger partial charge on any atom is -0.492 e. The fraction of sp³-hybridized carbons (Fsp3) is 0.235. The van der Waals surface area contributed by atoms with E-state index in [9.17, 15) is 4.79 Å². The molecule has 0 aliphatic carbocycles. The summed E-state index contributed by atoms with van der Waals surface area (Å²) in [6, 6.07) is 11.8. The van der Waals surface area contributed by atoms with Gasteiger partial charge in [-0.15, -0.1) is 16.4 Å². The Hall–Kier alpha value is -2.32. The Kier molecular flexibility index (Phi) is 6.08. The molecule has 0 unspecified atom stereocenters. The summed E-state index contributed by atoms with van der Waals surface area (Å²) >= 11 is 2.89. The molecule has 0 bridgehead atoms. The number of thiophene rings is 1. The predicted octanol–water partition coefficient (Wildman–Crippen LogP) is 3.13. The molecule has 8 heteroatoms. The van der Waals surface area contributed by atoms with Crippen molar-refractivity contribution in [2.75, 3.05) is 18.9 Å². The maximum absolute atomic E-state index is 11.9. The van der Waals surface area contributed by atoms with Crippen LogP contribution in [0.3, 0.4) is 0 Å². The van der Waals surface area contributed by atoms with Gasteiger partial charge in [0, 0.05) is 0 Å². The van der Waals surface area contributed by atoms with Gasteiger partial charge in [-0.2, -0.15) is 0 Å². The average molecular weight is 374 g/mol. The first-order chi connectivity index (χ1) is 12.2. The Bertz CT molecular complexity index is 818. The van der Waals surface area contributed by atoms with E-state index in [4.69, 9.17) is 4.74 Å². The Morgan fingerprint density at radius 2 is 2.28 bits per heavy atom. The minimum absolute atomic E-state index is 0.0692. The molecule has 0 aliphatic rings. The number of carbonyl (C=O) groups excluding carboxylic acids is 1. The van der Waals surface area contributed by atoms with Gasteiger partial charge in [0.05, 0.1) is 17.2 Å². The van der Waals surface area contributed by atoms with Crippen molar-refractivity contribution in [3.05, 3.63) is 47.3 Å². The number of nitrogens with one attached hydrogen (secondary N) is 2. The standard InChI is InChI=1S/C17H18N4O2S2/c1-12-4-2-5-13(10-12)23-8-7-18-15(22)11-25-17-19-16(20-21-17)14-6-3-9-24-14/h2-6,9-10H,7-8,11H2,1H3,(H,18,22)(H,19,20,21). The van der Waals surface area contributed by atoms with Gasteiger partial charge in [-0.25, -0.2) is 4.98 Å². The van der Waals surface area contributed by atoms with Gasteiger partial charge in [-0.3, -0.25) is 9.89 Å². The molecule has 0 saturated heterocycles. The number of carbonyl (C=O) groups is 1. The number of amides is 1. The van der Waals surface area contributed by atoms with E-state index in [1.165, 1.54) is 11.8 Å². The van der Waals surface area contributed by atoms with E-state index < -0.39 is 0 Å². The lowest BCUT2D eigenvalue weighted by Crippen LogP contribution is -2.29. The van der Waals surface area contributed by atoms with Crippen molar-refractivity contribution in [3.63, 3.8) is 0 Å². The van der Waals surface area contributed by atoms with E-state index in [0.717, 1.165) is 22.0 Å². The van der Waals surface area contributed by atoms with E-state index in [1.54, 1.807) is 11.3 Å². The van der Waals surface area contributed by atoms with Gasteiger partial charge < -0.3 is 10.1 Å². The molecule has 0 fully saturated rings. The number of aromatic amines is 1. The maximum atomic E-state index is 11.9. The first-order valence-electron chi connectivity index (χ1n) is 7.76. The highest BCUT2D eigenvalue weighted by Gasteiger charge is 2.09. The number of benzene rings is 1. The van der Waals surface area contributed by atoms with Crippen molar-refractivity contribution >= 4 is 29.0 Å². The molecule has 0 atom stereocenters. The zero-order chi connectivity index (χ0) is 17.5. The molecule has 3 rings (SSSR count). The molecule has 0 radical (unpaired) electrons. The topological polar surface area (TPSA) is 79.9 Å². The number of hydrogen-bond donors (Lipinski definition) is 2. The molecule has 2 heterocycles. The monoisotopic (exact) mass is 374 g/mol. The molecule has 2 N–H and O–H groups in total. The zero-order valence-corrected chi connectivity index (χ0v) is 15.3. The Morgan fingerprint density at radius 3 is 3.08 bits per heavy atom. The van der Waals surface area contributed by atoms with Gasteiger partial charge in [0.1, 0.15) is 12.4 Å². The summed E-state index contributed by atoms with van der Waals surface area (Å²) in [5.74, 6) is 1.74. The quantitative estimate of drug-likeness (QED) is 0.468. The van der Waals surface area contributed by atoms with Crippen LogP contribution in [0.15, 0.2) is 46.9 Å². The van der Waals surface area contributed by atoms with Crippen LogP contribution < -0.4 is 10.1 Å². The Balaban J connectivity index is 1.35. The van der Waals surface area contributed by atoms with Crippen molar-refractivity contribution < 1.29 is 9.53 Å². The van der Waals surface area contributed by atoms with Gasteiger partial charge in [-0.05, 0) is 36.1 Å². The summed E-state index contributed by atoms with van der Waals surface area (Å²) in [6.45, 7) is 2.91. The number of aromatic nitrogens is 3. The van der Waals surface area contributed by atoms with Gasteiger partial charge in [0.15, 0.2) is 5.82 Å². The summed E-state index contributed by atoms with van der Waals surface area (Å²) < 4.78 is 5.59. The van der Waals surface area contributed by atoms with Crippen molar-refractivity contribution in [1.29, 1.82) is 0 Å². The lowest BCUT2D eigenvalue weighted by Gasteiger charge is -2.07. The number of nitrogens with zero attached hydrogens (tertiary/aromatic N) is 2. The van der Waals surface area contributed by atoms with Gasteiger partial charge in [0.2, 0.25) is 11.1 Å². The molecule has 3 aromatic rings.